The molecule has 0 aliphatic rings. The summed E-state index contributed by atoms with van der Waals surface area (Å²) in [4.78, 5) is 16.7. The molecule has 2 aromatic carbocycles. The molecular formula is C26H28F2N2O4. The number of alkyl carbamates (subject to hydrolysis) is 1. The second kappa shape index (κ2) is 11.1. The number of pyridine rings is 1. The molecule has 0 fully saturated rings. The molecule has 8 heteroatoms. The first-order valence-electron chi connectivity index (χ1n) is 10.8. The third-order valence-corrected chi connectivity index (χ3v) is 4.76. The average Bonchev–Trinajstić information content (AvgIpc) is 2.76. The minimum absolute atomic E-state index is 0.0460. The van der Waals surface area contributed by atoms with E-state index in [9.17, 15) is 18.7 Å². The van der Waals surface area contributed by atoms with Gasteiger partial charge in [-0.2, -0.15) is 0 Å². The number of nitrogens with one attached hydrogen (secondary N) is 1. The molecule has 0 aliphatic heterocycles. The maximum absolute atomic E-state index is 13.7. The van der Waals surface area contributed by atoms with Crippen molar-refractivity contribution in [3.05, 3.63) is 95.3 Å². The van der Waals surface area contributed by atoms with Crippen molar-refractivity contribution in [2.75, 3.05) is 0 Å². The number of para-hydroxylation sites is 1. The highest BCUT2D eigenvalue weighted by Crippen LogP contribution is 2.21. The van der Waals surface area contributed by atoms with Crippen LogP contribution >= 0.6 is 0 Å². The van der Waals surface area contributed by atoms with Gasteiger partial charge >= 0.3 is 6.09 Å². The second-order valence-corrected chi connectivity index (χ2v) is 8.87. The summed E-state index contributed by atoms with van der Waals surface area (Å²) >= 11 is 0. The molecule has 0 bridgehead atoms. The van der Waals surface area contributed by atoms with Crippen LogP contribution in [0.4, 0.5) is 13.6 Å². The lowest BCUT2D eigenvalue weighted by molar-refractivity contribution is 0.0417. The number of carbonyl (C=O) groups excluding carboxylic acids is 1. The summed E-state index contributed by atoms with van der Waals surface area (Å²) in [6.45, 7) is 5.41. The standard InChI is InChI=1S/C26H28F2N2O4/c1-26(2,3)34-25(32)30-23(13-18-11-19(27)14-20(28)12-18)24(31)22-10-9-17(15-29-22)16-33-21-7-5-4-6-8-21/h4-12,14-15,23-24,31H,13,16H2,1-3H3,(H,30,32)/t23-,24?/m0/s1. The molecule has 180 valence electrons. The maximum Gasteiger partial charge on any atom is 0.407 e. The first-order valence-corrected chi connectivity index (χ1v) is 10.8. The van der Waals surface area contributed by atoms with Gasteiger partial charge in [-0.15, -0.1) is 0 Å². The topological polar surface area (TPSA) is 80.7 Å². The van der Waals surface area contributed by atoms with Gasteiger partial charge in [0.05, 0.1) is 11.7 Å². The maximum atomic E-state index is 13.7. The van der Waals surface area contributed by atoms with Crippen molar-refractivity contribution in [2.24, 2.45) is 0 Å². The number of amides is 1. The molecule has 1 unspecified atom stereocenters. The first-order chi connectivity index (χ1) is 16.1. The monoisotopic (exact) mass is 470 g/mol. The molecule has 0 radical (unpaired) electrons. The Hall–Kier alpha value is -3.52. The van der Waals surface area contributed by atoms with Crippen molar-refractivity contribution < 1.29 is 28.2 Å². The molecule has 1 amide bonds. The summed E-state index contributed by atoms with van der Waals surface area (Å²) in [7, 11) is 0. The fraction of sp³-hybridized carbons (Fsp3) is 0.308. The van der Waals surface area contributed by atoms with Crippen LogP contribution in [-0.4, -0.2) is 27.8 Å². The summed E-state index contributed by atoms with van der Waals surface area (Å²) in [5, 5.41) is 13.6. The van der Waals surface area contributed by atoms with E-state index in [-0.39, 0.29) is 24.3 Å². The lowest BCUT2D eigenvalue weighted by Crippen LogP contribution is -2.43. The molecule has 2 N–H and O–H groups in total. The molecule has 6 nitrogen and oxygen atoms in total. The number of halogens is 2. The third kappa shape index (κ3) is 7.81. The Morgan fingerprint density at radius 2 is 1.71 bits per heavy atom. The van der Waals surface area contributed by atoms with Crippen LogP contribution in [0.15, 0.2) is 66.9 Å². The Balaban J connectivity index is 1.74. The normalized spacial score (nSPS) is 13.1. The van der Waals surface area contributed by atoms with E-state index in [2.05, 4.69) is 10.3 Å². The van der Waals surface area contributed by atoms with Crippen molar-refractivity contribution in [2.45, 2.75) is 51.5 Å². The van der Waals surface area contributed by atoms with Crippen LogP contribution in [0.1, 0.15) is 43.7 Å². The summed E-state index contributed by atoms with van der Waals surface area (Å²) in [5.74, 6) is -0.779. The second-order valence-electron chi connectivity index (χ2n) is 8.87. The number of carbonyl (C=O) groups is 1. The zero-order valence-corrected chi connectivity index (χ0v) is 19.3. The fourth-order valence-corrected chi connectivity index (χ4v) is 3.27. The Labute approximate surface area is 197 Å². The molecule has 0 aliphatic carbocycles. The van der Waals surface area contributed by atoms with E-state index >= 15 is 0 Å². The zero-order valence-electron chi connectivity index (χ0n) is 19.3. The summed E-state index contributed by atoms with van der Waals surface area (Å²) in [5.41, 5.74) is 0.568. The smallest absolute Gasteiger partial charge is 0.407 e. The Morgan fingerprint density at radius 1 is 1.03 bits per heavy atom. The molecule has 3 rings (SSSR count). The molecule has 0 saturated heterocycles. The van der Waals surface area contributed by atoms with Crippen molar-refractivity contribution in [1.29, 1.82) is 0 Å². The van der Waals surface area contributed by atoms with Crippen LogP contribution in [0.5, 0.6) is 5.75 Å². The van der Waals surface area contributed by atoms with E-state index < -0.39 is 35.5 Å². The van der Waals surface area contributed by atoms with Crippen LogP contribution in [0.3, 0.4) is 0 Å². The predicted octanol–water partition coefficient (Wildman–Crippen LogP) is 5.11. The number of aliphatic hydroxyl groups excluding tert-OH is 1. The first kappa shape index (κ1) is 25.1. The van der Waals surface area contributed by atoms with E-state index in [1.807, 2.05) is 30.3 Å². The Morgan fingerprint density at radius 3 is 2.29 bits per heavy atom. The van der Waals surface area contributed by atoms with E-state index in [1.54, 1.807) is 39.1 Å². The van der Waals surface area contributed by atoms with Crippen LogP contribution in [0.2, 0.25) is 0 Å². The van der Waals surface area contributed by atoms with Crippen LogP contribution in [0.25, 0.3) is 0 Å². The van der Waals surface area contributed by atoms with Gasteiger partial charge in [0.15, 0.2) is 0 Å². The predicted molar refractivity (Wildman–Crippen MR) is 123 cm³/mol. The molecule has 1 aromatic heterocycles. The lowest BCUT2D eigenvalue weighted by atomic mass is 9.98. The molecule has 0 spiro atoms. The van der Waals surface area contributed by atoms with E-state index in [0.29, 0.717) is 0 Å². The molecule has 1 heterocycles. The van der Waals surface area contributed by atoms with Gasteiger partial charge in [-0.3, -0.25) is 4.98 Å². The van der Waals surface area contributed by atoms with E-state index in [0.717, 1.165) is 29.5 Å². The minimum atomic E-state index is -1.26. The molecule has 2 atom stereocenters. The van der Waals surface area contributed by atoms with Crippen molar-refractivity contribution in [3.63, 3.8) is 0 Å². The number of aliphatic hydroxyl groups is 1. The lowest BCUT2D eigenvalue weighted by Gasteiger charge is -2.26. The highest BCUT2D eigenvalue weighted by molar-refractivity contribution is 5.68. The number of hydrogen-bond acceptors (Lipinski definition) is 5. The largest absolute Gasteiger partial charge is 0.489 e. The van der Waals surface area contributed by atoms with Gasteiger partial charge in [0.2, 0.25) is 0 Å². The van der Waals surface area contributed by atoms with Crippen LogP contribution in [-0.2, 0) is 17.8 Å². The van der Waals surface area contributed by atoms with Gasteiger partial charge in [0.25, 0.3) is 0 Å². The number of rotatable bonds is 8. The van der Waals surface area contributed by atoms with Gasteiger partial charge in [-0.25, -0.2) is 13.6 Å². The van der Waals surface area contributed by atoms with Gasteiger partial charge in [0, 0.05) is 17.8 Å². The summed E-state index contributed by atoms with van der Waals surface area (Å²) < 4.78 is 38.4. The highest BCUT2D eigenvalue weighted by atomic mass is 19.1. The fourth-order valence-electron chi connectivity index (χ4n) is 3.27. The summed E-state index contributed by atoms with van der Waals surface area (Å²) in [6.07, 6.45) is -0.506. The quantitative estimate of drug-likeness (QED) is 0.478. The minimum Gasteiger partial charge on any atom is -0.489 e. The average molecular weight is 471 g/mol. The highest BCUT2D eigenvalue weighted by Gasteiger charge is 2.27. The van der Waals surface area contributed by atoms with Gasteiger partial charge in [-0.1, -0.05) is 24.3 Å². The Kier molecular flexibility index (Phi) is 8.17. The number of benzene rings is 2. The SMILES string of the molecule is CC(C)(C)OC(=O)N[C@@H](Cc1cc(F)cc(F)c1)C(O)c1ccc(COc2ccccc2)cn1. The van der Waals surface area contributed by atoms with E-state index in [1.165, 1.54) is 0 Å². The van der Waals surface area contributed by atoms with Crippen molar-refractivity contribution >= 4 is 6.09 Å². The number of ether oxygens (including phenoxy) is 2. The molecule has 34 heavy (non-hydrogen) atoms. The van der Waals surface area contributed by atoms with Gasteiger partial charge in [0.1, 0.15) is 35.7 Å². The number of hydrogen-bond donors (Lipinski definition) is 2. The van der Waals surface area contributed by atoms with Gasteiger partial charge < -0.3 is 19.9 Å². The number of aromatic nitrogens is 1. The zero-order chi connectivity index (χ0) is 24.7. The van der Waals surface area contributed by atoms with Gasteiger partial charge in [-0.05, 0) is 63.1 Å². The number of nitrogens with zero attached hydrogens (tertiary/aromatic N) is 1. The molecule has 0 saturated carbocycles. The van der Waals surface area contributed by atoms with Crippen LogP contribution in [0, 0.1) is 11.6 Å². The van der Waals surface area contributed by atoms with E-state index in [4.69, 9.17) is 9.47 Å². The van der Waals surface area contributed by atoms with Crippen molar-refractivity contribution in [3.8, 4) is 5.75 Å². The third-order valence-electron chi connectivity index (χ3n) is 4.76. The Bertz CT molecular complexity index is 1070. The van der Waals surface area contributed by atoms with Crippen molar-refractivity contribution in [1.82, 2.24) is 10.3 Å². The molecular weight excluding hydrogens is 442 g/mol. The summed E-state index contributed by atoms with van der Waals surface area (Å²) in [6, 6.07) is 14.8. The van der Waals surface area contributed by atoms with Crippen LogP contribution < -0.4 is 10.1 Å². The molecule has 3 aromatic rings.